The molecule has 1 heterocycles. The standard InChI is InChI=1S/C12H19NOS/c1-5-8(3)13-12(14)11-7-10(6-2)9(4)15-11/h7-8H,5-6H2,1-4H3,(H,13,14)/t8-/m0/s1. The molecule has 3 heteroatoms. The Morgan fingerprint density at radius 3 is 2.67 bits per heavy atom. The summed E-state index contributed by atoms with van der Waals surface area (Å²) in [7, 11) is 0. The summed E-state index contributed by atoms with van der Waals surface area (Å²) in [6, 6.07) is 2.27. The van der Waals surface area contributed by atoms with E-state index in [1.54, 1.807) is 11.3 Å². The molecule has 0 saturated heterocycles. The molecule has 1 rings (SSSR count). The van der Waals surface area contributed by atoms with Gasteiger partial charge in [-0.15, -0.1) is 11.3 Å². The summed E-state index contributed by atoms with van der Waals surface area (Å²) in [6.07, 6.45) is 1.97. The van der Waals surface area contributed by atoms with E-state index in [9.17, 15) is 4.79 Å². The number of amides is 1. The zero-order chi connectivity index (χ0) is 11.4. The van der Waals surface area contributed by atoms with E-state index in [0.717, 1.165) is 17.7 Å². The van der Waals surface area contributed by atoms with Crippen LogP contribution in [0.4, 0.5) is 0 Å². The predicted octanol–water partition coefficient (Wildman–Crippen LogP) is 3.15. The van der Waals surface area contributed by atoms with Crippen molar-refractivity contribution in [1.29, 1.82) is 0 Å². The molecule has 0 spiro atoms. The van der Waals surface area contributed by atoms with Crippen molar-refractivity contribution < 1.29 is 4.79 Å². The van der Waals surface area contributed by atoms with Crippen LogP contribution in [0, 0.1) is 6.92 Å². The zero-order valence-electron chi connectivity index (χ0n) is 9.89. The number of aryl methyl sites for hydroxylation is 2. The molecule has 2 nitrogen and oxygen atoms in total. The summed E-state index contributed by atoms with van der Waals surface area (Å²) >= 11 is 1.59. The molecule has 0 aliphatic heterocycles. The predicted molar refractivity (Wildman–Crippen MR) is 65.7 cm³/mol. The third-order valence-electron chi connectivity index (χ3n) is 2.62. The molecule has 1 aromatic rings. The Balaban J connectivity index is 2.74. The van der Waals surface area contributed by atoms with Gasteiger partial charge in [0.05, 0.1) is 4.88 Å². The minimum absolute atomic E-state index is 0.0668. The second-order valence-corrected chi connectivity index (χ2v) is 5.08. The van der Waals surface area contributed by atoms with Crippen LogP contribution in [0.2, 0.25) is 0 Å². The maximum absolute atomic E-state index is 11.8. The molecule has 0 radical (unpaired) electrons. The van der Waals surface area contributed by atoms with E-state index < -0.39 is 0 Å². The molecule has 0 bridgehead atoms. The Bertz CT molecular complexity index is 343. The number of hydrogen-bond donors (Lipinski definition) is 1. The Morgan fingerprint density at radius 1 is 1.53 bits per heavy atom. The van der Waals surface area contributed by atoms with Gasteiger partial charge in [0.25, 0.3) is 5.91 Å². The minimum Gasteiger partial charge on any atom is -0.349 e. The van der Waals surface area contributed by atoms with E-state index in [-0.39, 0.29) is 11.9 Å². The maximum Gasteiger partial charge on any atom is 0.261 e. The summed E-state index contributed by atoms with van der Waals surface area (Å²) in [5, 5.41) is 2.98. The highest BCUT2D eigenvalue weighted by atomic mass is 32.1. The first kappa shape index (κ1) is 12.2. The van der Waals surface area contributed by atoms with Gasteiger partial charge in [0, 0.05) is 10.9 Å². The second kappa shape index (κ2) is 5.31. The van der Waals surface area contributed by atoms with Crippen LogP contribution in [0.25, 0.3) is 0 Å². The number of nitrogens with one attached hydrogen (secondary N) is 1. The zero-order valence-corrected chi connectivity index (χ0v) is 10.7. The van der Waals surface area contributed by atoms with Crippen LogP contribution >= 0.6 is 11.3 Å². The lowest BCUT2D eigenvalue weighted by atomic mass is 10.2. The lowest BCUT2D eigenvalue weighted by molar-refractivity contribution is 0.0943. The fraction of sp³-hybridized carbons (Fsp3) is 0.583. The highest BCUT2D eigenvalue weighted by Crippen LogP contribution is 2.21. The monoisotopic (exact) mass is 225 g/mol. The van der Waals surface area contributed by atoms with Gasteiger partial charge < -0.3 is 5.32 Å². The van der Waals surface area contributed by atoms with Gasteiger partial charge in [-0.3, -0.25) is 4.79 Å². The average Bonchev–Trinajstić information content (AvgIpc) is 2.59. The Morgan fingerprint density at radius 2 is 2.20 bits per heavy atom. The first-order chi connectivity index (χ1) is 7.08. The Labute approximate surface area is 95.7 Å². The Hall–Kier alpha value is -0.830. The van der Waals surface area contributed by atoms with Gasteiger partial charge in [-0.05, 0) is 38.3 Å². The van der Waals surface area contributed by atoms with Gasteiger partial charge in [-0.25, -0.2) is 0 Å². The van der Waals surface area contributed by atoms with Crippen molar-refractivity contribution in [3.63, 3.8) is 0 Å². The van der Waals surface area contributed by atoms with Crippen molar-refractivity contribution in [3.8, 4) is 0 Å². The van der Waals surface area contributed by atoms with Crippen molar-refractivity contribution in [2.75, 3.05) is 0 Å². The SMILES string of the molecule is CCc1cc(C(=O)N[C@@H](C)CC)sc1C. The molecule has 0 fully saturated rings. The summed E-state index contributed by atoms with van der Waals surface area (Å²) in [4.78, 5) is 13.9. The van der Waals surface area contributed by atoms with Gasteiger partial charge in [-0.1, -0.05) is 13.8 Å². The third kappa shape index (κ3) is 3.06. The van der Waals surface area contributed by atoms with Crippen molar-refractivity contribution in [2.45, 2.75) is 46.6 Å². The molecule has 15 heavy (non-hydrogen) atoms. The first-order valence-electron chi connectivity index (χ1n) is 5.48. The molecule has 0 aliphatic carbocycles. The number of thiophene rings is 1. The van der Waals surface area contributed by atoms with Gasteiger partial charge in [-0.2, -0.15) is 0 Å². The smallest absolute Gasteiger partial charge is 0.261 e. The van der Waals surface area contributed by atoms with E-state index in [1.807, 2.05) is 13.0 Å². The quantitative estimate of drug-likeness (QED) is 0.838. The topological polar surface area (TPSA) is 29.1 Å². The second-order valence-electron chi connectivity index (χ2n) is 3.83. The van der Waals surface area contributed by atoms with Gasteiger partial charge in [0.15, 0.2) is 0 Å². The number of rotatable bonds is 4. The fourth-order valence-corrected chi connectivity index (χ4v) is 2.40. The average molecular weight is 225 g/mol. The maximum atomic E-state index is 11.8. The van der Waals surface area contributed by atoms with Gasteiger partial charge in [0.1, 0.15) is 0 Å². The van der Waals surface area contributed by atoms with Crippen molar-refractivity contribution >= 4 is 17.2 Å². The molecule has 0 saturated carbocycles. The largest absolute Gasteiger partial charge is 0.349 e. The fourth-order valence-electron chi connectivity index (χ4n) is 1.38. The van der Waals surface area contributed by atoms with Crippen LogP contribution in [-0.4, -0.2) is 11.9 Å². The van der Waals surface area contributed by atoms with E-state index in [1.165, 1.54) is 10.4 Å². The van der Waals surface area contributed by atoms with Crippen LogP contribution in [0.5, 0.6) is 0 Å². The van der Waals surface area contributed by atoms with Crippen LogP contribution in [0.15, 0.2) is 6.07 Å². The van der Waals surface area contributed by atoms with Crippen LogP contribution < -0.4 is 5.32 Å². The molecular formula is C12H19NOS. The van der Waals surface area contributed by atoms with Crippen molar-refractivity contribution in [1.82, 2.24) is 5.32 Å². The molecule has 84 valence electrons. The van der Waals surface area contributed by atoms with E-state index in [4.69, 9.17) is 0 Å². The van der Waals surface area contributed by atoms with E-state index in [0.29, 0.717) is 0 Å². The highest BCUT2D eigenvalue weighted by molar-refractivity contribution is 7.14. The van der Waals surface area contributed by atoms with Crippen LogP contribution in [0.1, 0.15) is 47.3 Å². The van der Waals surface area contributed by atoms with Gasteiger partial charge >= 0.3 is 0 Å². The van der Waals surface area contributed by atoms with E-state index >= 15 is 0 Å². The van der Waals surface area contributed by atoms with Gasteiger partial charge in [0.2, 0.25) is 0 Å². The number of hydrogen-bond acceptors (Lipinski definition) is 2. The number of carbonyl (C=O) groups excluding carboxylic acids is 1. The van der Waals surface area contributed by atoms with Crippen molar-refractivity contribution in [3.05, 3.63) is 21.4 Å². The molecular weight excluding hydrogens is 206 g/mol. The normalized spacial score (nSPS) is 12.5. The molecule has 1 amide bonds. The minimum atomic E-state index is 0.0668. The van der Waals surface area contributed by atoms with Crippen LogP contribution in [0.3, 0.4) is 0 Å². The van der Waals surface area contributed by atoms with Crippen molar-refractivity contribution in [2.24, 2.45) is 0 Å². The molecule has 0 unspecified atom stereocenters. The first-order valence-corrected chi connectivity index (χ1v) is 6.30. The van der Waals surface area contributed by atoms with E-state index in [2.05, 4.69) is 26.1 Å². The summed E-state index contributed by atoms with van der Waals surface area (Å²) in [5.41, 5.74) is 1.29. The summed E-state index contributed by atoms with van der Waals surface area (Å²) in [6.45, 7) is 8.29. The molecule has 1 aromatic heterocycles. The molecule has 1 atom stereocenters. The summed E-state index contributed by atoms with van der Waals surface area (Å²) < 4.78 is 0. The lowest BCUT2D eigenvalue weighted by Crippen LogP contribution is -2.31. The molecule has 0 aliphatic rings. The lowest BCUT2D eigenvalue weighted by Gasteiger charge is -2.09. The highest BCUT2D eigenvalue weighted by Gasteiger charge is 2.12. The number of carbonyl (C=O) groups is 1. The molecule has 0 aromatic carbocycles. The van der Waals surface area contributed by atoms with Crippen LogP contribution in [-0.2, 0) is 6.42 Å². The Kier molecular flexibility index (Phi) is 4.33. The molecule has 1 N–H and O–H groups in total. The summed E-state index contributed by atoms with van der Waals surface area (Å²) in [5.74, 6) is 0.0668. The third-order valence-corrected chi connectivity index (χ3v) is 3.71.